The lowest BCUT2D eigenvalue weighted by Gasteiger charge is -2.38. The van der Waals surface area contributed by atoms with E-state index in [-0.39, 0.29) is 11.3 Å². The van der Waals surface area contributed by atoms with E-state index in [0.29, 0.717) is 13.1 Å². The number of carbonyl (C=O) groups excluding carboxylic acids is 1. The van der Waals surface area contributed by atoms with Crippen molar-refractivity contribution in [3.63, 3.8) is 0 Å². The van der Waals surface area contributed by atoms with Crippen LogP contribution in [0.4, 0.5) is 0 Å². The number of hydrogen-bond donors (Lipinski definition) is 1. The Labute approximate surface area is 196 Å². The van der Waals surface area contributed by atoms with Gasteiger partial charge in [-0.1, -0.05) is 54.1 Å². The van der Waals surface area contributed by atoms with Crippen LogP contribution in [-0.4, -0.2) is 68.2 Å². The van der Waals surface area contributed by atoms with E-state index in [1.807, 2.05) is 18.2 Å². The second kappa shape index (κ2) is 11.3. The average molecular weight is 456 g/mol. The van der Waals surface area contributed by atoms with Crippen molar-refractivity contribution >= 4 is 17.5 Å². The first-order chi connectivity index (χ1) is 15.6. The first kappa shape index (κ1) is 23.2. The smallest absolute Gasteiger partial charge is 0.234 e. The summed E-state index contributed by atoms with van der Waals surface area (Å²) in [5, 5.41) is 4.03. The first-order valence-corrected chi connectivity index (χ1v) is 12.1. The van der Waals surface area contributed by atoms with E-state index in [1.54, 1.807) is 0 Å². The Hall–Kier alpha value is -1.92. The van der Waals surface area contributed by atoms with Crippen molar-refractivity contribution in [2.75, 3.05) is 52.5 Å². The van der Waals surface area contributed by atoms with Crippen LogP contribution in [0.5, 0.6) is 0 Å². The van der Waals surface area contributed by atoms with Crippen LogP contribution in [0.3, 0.4) is 0 Å². The van der Waals surface area contributed by atoms with E-state index >= 15 is 0 Å². The monoisotopic (exact) mass is 455 g/mol. The quantitative estimate of drug-likeness (QED) is 0.691. The summed E-state index contributed by atoms with van der Waals surface area (Å²) in [5.41, 5.74) is 2.56. The Balaban J connectivity index is 1.27. The van der Waals surface area contributed by atoms with Gasteiger partial charge in [0.15, 0.2) is 0 Å². The summed E-state index contributed by atoms with van der Waals surface area (Å²) in [5.74, 6) is 0.123. The molecule has 0 saturated carbocycles. The summed E-state index contributed by atoms with van der Waals surface area (Å²) in [6.07, 6.45) is 2.97. The molecular formula is C26H34ClN3O2. The van der Waals surface area contributed by atoms with E-state index in [4.69, 9.17) is 16.3 Å². The number of ether oxygens (including phenoxy) is 1. The predicted octanol–water partition coefficient (Wildman–Crippen LogP) is 3.71. The van der Waals surface area contributed by atoms with Crippen LogP contribution in [0, 0.1) is 0 Å². The maximum Gasteiger partial charge on any atom is 0.234 e. The maximum absolute atomic E-state index is 12.8. The lowest BCUT2D eigenvalue weighted by Crippen LogP contribution is -2.47. The Morgan fingerprint density at radius 1 is 0.938 bits per heavy atom. The van der Waals surface area contributed by atoms with E-state index < -0.39 is 0 Å². The normalized spacial score (nSPS) is 19.9. The van der Waals surface area contributed by atoms with Gasteiger partial charge in [-0.3, -0.25) is 14.6 Å². The number of rotatable bonds is 7. The van der Waals surface area contributed by atoms with Gasteiger partial charge in [-0.2, -0.15) is 0 Å². The highest BCUT2D eigenvalue weighted by molar-refractivity contribution is 6.30. The molecule has 0 spiro atoms. The molecule has 172 valence electrons. The van der Waals surface area contributed by atoms with Gasteiger partial charge in [0.2, 0.25) is 5.91 Å². The molecule has 5 nitrogen and oxygen atoms in total. The van der Waals surface area contributed by atoms with E-state index in [9.17, 15) is 4.79 Å². The van der Waals surface area contributed by atoms with Gasteiger partial charge in [-0.25, -0.2) is 0 Å². The highest BCUT2D eigenvalue weighted by Gasteiger charge is 2.34. The lowest BCUT2D eigenvalue weighted by atomic mass is 9.74. The molecule has 0 radical (unpaired) electrons. The molecule has 0 bridgehead atoms. The van der Waals surface area contributed by atoms with E-state index in [0.717, 1.165) is 70.2 Å². The molecule has 32 heavy (non-hydrogen) atoms. The molecule has 2 aliphatic rings. The number of carbonyl (C=O) groups is 1. The molecule has 4 rings (SSSR count). The minimum Gasteiger partial charge on any atom is -0.381 e. The lowest BCUT2D eigenvalue weighted by molar-refractivity contribution is -0.122. The molecule has 0 unspecified atom stereocenters. The molecule has 2 aliphatic heterocycles. The fourth-order valence-corrected chi connectivity index (χ4v) is 4.96. The van der Waals surface area contributed by atoms with Gasteiger partial charge >= 0.3 is 0 Å². The minimum atomic E-state index is -0.0245. The minimum absolute atomic E-state index is 0.0245. The second-order valence-corrected chi connectivity index (χ2v) is 9.50. The molecule has 2 aromatic carbocycles. The molecule has 6 heteroatoms. The summed E-state index contributed by atoms with van der Waals surface area (Å²) < 4.78 is 5.61. The molecule has 1 amide bonds. The van der Waals surface area contributed by atoms with Crippen LogP contribution >= 0.6 is 11.6 Å². The summed E-state index contributed by atoms with van der Waals surface area (Å²) in [7, 11) is 0. The van der Waals surface area contributed by atoms with Gasteiger partial charge < -0.3 is 10.1 Å². The fraction of sp³-hybridized carbons (Fsp3) is 0.500. The van der Waals surface area contributed by atoms with E-state index in [2.05, 4.69) is 51.5 Å². The Kier molecular flexibility index (Phi) is 8.20. The molecule has 1 N–H and O–H groups in total. The molecule has 2 aromatic rings. The number of nitrogens with zero attached hydrogens (tertiary/aromatic N) is 2. The molecule has 0 aliphatic carbocycles. The largest absolute Gasteiger partial charge is 0.381 e. The van der Waals surface area contributed by atoms with E-state index in [1.165, 1.54) is 11.1 Å². The molecule has 2 heterocycles. The zero-order valence-electron chi connectivity index (χ0n) is 18.8. The van der Waals surface area contributed by atoms with Crippen LogP contribution in [0.2, 0.25) is 5.02 Å². The van der Waals surface area contributed by atoms with Crippen molar-refractivity contribution < 1.29 is 9.53 Å². The van der Waals surface area contributed by atoms with Crippen LogP contribution in [0.25, 0.3) is 0 Å². The van der Waals surface area contributed by atoms with Crippen molar-refractivity contribution in [1.29, 1.82) is 0 Å². The van der Waals surface area contributed by atoms with Gasteiger partial charge in [0, 0.05) is 49.8 Å². The third kappa shape index (κ3) is 6.32. The van der Waals surface area contributed by atoms with Gasteiger partial charge in [-0.15, -0.1) is 0 Å². The van der Waals surface area contributed by atoms with Crippen molar-refractivity contribution in [2.24, 2.45) is 0 Å². The van der Waals surface area contributed by atoms with Gasteiger partial charge in [0.05, 0.1) is 6.54 Å². The average Bonchev–Trinajstić information content (AvgIpc) is 3.05. The Bertz CT molecular complexity index is 853. The summed E-state index contributed by atoms with van der Waals surface area (Å²) in [4.78, 5) is 17.6. The number of amides is 1. The zero-order chi connectivity index (χ0) is 22.2. The summed E-state index contributed by atoms with van der Waals surface area (Å²) in [6, 6.07) is 18.7. The van der Waals surface area contributed by atoms with Crippen LogP contribution in [0.15, 0.2) is 54.6 Å². The van der Waals surface area contributed by atoms with Crippen molar-refractivity contribution in [2.45, 2.75) is 31.2 Å². The SMILES string of the molecule is O=C(CN1CCCN(Cc2ccc(Cl)cc2)CC1)NCC1(c2ccccc2)CCOCC1. The number of nitrogens with one attached hydrogen (secondary N) is 1. The topological polar surface area (TPSA) is 44.8 Å². The summed E-state index contributed by atoms with van der Waals surface area (Å²) in [6.45, 7) is 7.48. The molecular weight excluding hydrogens is 422 g/mol. The summed E-state index contributed by atoms with van der Waals surface area (Å²) >= 11 is 6.00. The Morgan fingerprint density at radius 3 is 2.38 bits per heavy atom. The Morgan fingerprint density at radius 2 is 1.62 bits per heavy atom. The van der Waals surface area contributed by atoms with Crippen LogP contribution < -0.4 is 5.32 Å². The third-order valence-electron chi connectivity index (χ3n) is 6.83. The van der Waals surface area contributed by atoms with Crippen molar-refractivity contribution in [3.05, 3.63) is 70.7 Å². The standard InChI is InChI=1S/C26H34ClN3O2/c27-24-9-7-22(8-10-24)19-29-13-4-14-30(16-15-29)20-25(31)28-21-26(11-17-32-18-12-26)23-5-2-1-3-6-23/h1-3,5-10H,4,11-21H2,(H,28,31). The molecule has 0 atom stereocenters. The van der Waals surface area contributed by atoms with Crippen LogP contribution in [-0.2, 0) is 21.5 Å². The molecule has 2 saturated heterocycles. The fourth-order valence-electron chi connectivity index (χ4n) is 4.84. The third-order valence-corrected chi connectivity index (χ3v) is 7.08. The number of halogens is 1. The zero-order valence-corrected chi connectivity index (χ0v) is 19.5. The maximum atomic E-state index is 12.8. The highest BCUT2D eigenvalue weighted by atomic mass is 35.5. The van der Waals surface area contributed by atoms with Crippen molar-refractivity contribution in [3.8, 4) is 0 Å². The molecule has 0 aromatic heterocycles. The number of benzene rings is 2. The first-order valence-electron chi connectivity index (χ1n) is 11.7. The predicted molar refractivity (Wildman–Crippen MR) is 129 cm³/mol. The van der Waals surface area contributed by atoms with Gasteiger partial charge in [0.25, 0.3) is 0 Å². The van der Waals surface area contributed by atoms with Crippen molar-refractivity contribution in [1.82, 2.24) is 15.1 Å². The second-order valence-electron chi connectivity index (χ2n) is 9.07. The van der Waals surface area contributed by atoms with Crippen LogP contribution in [0.1, 0.15) is 30.4 Å². The van der Waals surface area contributed by atoms with Gasteiger partial charge in [0.1, 0.15) is 0 Å². The highest BCUT2D eigenvalue weighted by Crippen LogP contribution is 2.34. The van der Waals surface area contributed by atoms with Gasteiger partial charge in [-0.05, 0) is 55.6 Å². The molecule has 2 fully saturated rings. The number of hydrogen-bond acceptors (Lipinski definition) is 4.